The van der Waals surface area contributed by atoms with E-state index < -0.39 is 23.5 Å². The lowest BCUT2D eigenvalue weighted by atomic mass is 10.2. The molecular formula is C11H11N3O4S. The van der Waals surface area contributed by atoms with Crippen LogP contribution in [0.1, 0.15) is 23.7 Å². The van der Waals surface area contributed by atoms with Crippen LogP contribution < -0.4 is 10.9 Å². The molecule has 2 rings (SSSR count). The Bertz CT molecular complexity index is 691. The molecule has 8 heteroatoms. The SMILES string of the molecule is CC[C@@H](NC(=O)c1cnc2sccn2c1=O)C(=O)O. The first-order valence-corrected chi connectivity index (χ1v) is 6.41. The van der Waals surface area contributed by atoms with Crippen LogP contribution in [0.5, 0.6) is 0 Å². The fourth-order valence-electron chi connectivity index (χ4n) is 1.55. The van der Waals surface area contributed by atoms with Crippen LogP contribution in [0.3, 0.4) is 0 Å². The third-order valence-corrected chi connectivity index (χ3v) is 3.37. The maximum Gasteiger partial charge on any atom is 0.326 e. The van der Waals surface area contributed by atoms with E-state index in [9.17, 15) is 14.4 Å². The highest BCUT2D eigenvalue weighted by Crippen LogP contribution is 2.06. The Hall–Kier alpha value is -2.22. The van der Waals surface area contributed by atoms with Crippen molar-refractivity contribution in [1.82, 2.24) is 14.7 Å². The average Bonchev–Trinajstić information content (AvgIpc) is 2.84. The van der Waals surface area contributed by atoms with Gasteiger partial charge in [-0.2, -0.15) is 0 Å². The molecule has 2 aromatic heterocycles. The van der Waals surface area contributed by atoms with E-state index in [4.69, 9.17) is 5.11 Å². The third kappa shape index (κ3) is 2.48. The fraction of sp³-hybridized carbons (Fsp3) is 0.273. The molecule has 0 aliphatic carbocycles. The Morgan fingerprint density at radius 1 is 1.58 bits per heavy atom. The fourth-order valence-corrected chi connectivity index (χ4v) is 2.23. The molecule has 2 aromatic rings. The van der Waals surface area contributed by atoms with Gasteiger partial charge in [-0.15, -0.1) is 11.3 Å². The second-order valence-electron chi connectivity index (χ2n) is 3.81. The van der Waals surface area contributed by atoms with Crippen molar-refractivity contribution in [2.24, 2.45) is 0 Å². The Labute approximate surface area is 111 Å². The lowest BCUT2D eigenvalue weighted by molar-refractivity contribution is -0.139. The van der Waals surface area contributed by atoms with Gasteiger partial charge in [-0.1, -0.05) is 6.92 Å². The highest BCUT2D eigenvalue weighted by Gasteiger charge is 2.21. The quantitative estimate of drug-likeness (QED) is 0.842. The van der Waals surface area contributed by atoms with Gasteiger partial charge in [0.1, 0.15) is 11.6 Å². The summed E-state index contributed by atoms with van der Waals surface area (Å²) in [5, 5.41) is 12.8. The minimum absolute atomic E-state index is 0.171. The molecule has 0 aromatic carbocycles. The lowest BCUT2D eigenvalue weighted by Gasteiger charge is -2.11. The zero-order valence-electron chi connectivity index (χ0n) is 9.99. The van der Waals surface area contributed by atoms with E-state index in [1.165, 1.54) is 21.9 Å². The van der Waals surface area contributed by atoms with Crippen molar-refractivity contribution in [2.45, 2.75) is 19.4 Å². The van der Waals surface area contributed by atoms with Crippen LogP contribution in [0.4, 0.5) is 0 Å². The molecule has 0 bridgehead atoms. The van der Waals surface area contributed by atoms with Crippen molar-refractivity contribution in [1.29, 1.82) is 0 Å². The summed E-state index contributed by atoms with van der Waals surface area (Å²) in [4.78, 5) is 39.2. The van der Waals surface area contributed by atoms with Gasteiger partial charge in [0, 0.05) is 17.8 Å². The zero-order valence-corrected chi connectivity index (χ0v) is 10.8. The standard InChI is InChI=1S/C11H11N3O4S/c1-2-7(10(17)18)13-8(15)6-5-12-11-14(9(6)16)3-4-19-11/h3-5,7H,2H2,1H3,(H,13,15)(H,17,18)/t7-/m1/s1. The molecule has 0 radical (unpaired) electrons. The largest absolute Gasteiger partial charge is 0.480 e. The molecule has 0 fully saturated rings. The number of hydrogen-bond acceptors (Lipinski definition) is 5. The van der Waals surface area contributed by atoms with Gasteiger partial charge in [-0.3, -0.25) is 14.0 Å². The summed E-state index contributed by atoms with van der Waals surface area (Å²) in [5.41, 5.74) is -0.681. The molecule has 2 N–H and O–H groups in total. The van der Waals surface area contributed by atoms with Crippen molar-refractivity contribution >= 4 is 28.2 Å². The maximum absolute atomic E-state index is 12.0. The number of amides is 1. The van der Waals surface area contributed by atoms with E-state index in [1.807, 2.05) is 0 Å². The summed E-state index contributed by atoms with van der Waals surface area (Å²) < 4.78 is 1.25. The summed E-state index contributed by atoms with van der Waals surface area (Å²) in [6, 6.07) is -1.02. The molecule has 19 heavy (non-hydrogen) atoms. The minimum Gasteiger partial charge on any atom is -0.480 e. The van der Waals surface area contributed by atoms with Crippen LogP contribution in [-0.4, -0.2) is 32.4 Å². The van der Waals surface area contributed by atoms with Crippen molar-refractivity contribution in [2.75, 3.05) is 0 Å². The highest BCUT2D eigenvalue weighted by atomic mass is 32.1. The van der Waals surface area contributed by atoms with Crippen LogP contribution in [0, 0.1) is 0 Å². The predicted molar refractivity (Wildman–Crippen MR) is 68.5 cm³/mol. The number of carbonyl (C=O) groups is 2. The van der Waals surface area contributed by atoms with Crippen LogP contribution in [0.25, 0.3) is 4.96 Å². The number of hydrogen-bond donors (Lipinski definition) is 2. The maximum atomic E-state index is 12.0. The molecule has 0 aliphatic heterocycles. The van der Waals surface area contributed by atoms with Crippen molar-refractivity contribution < 1.29 is 14.7 Å². The Morgan fingerprint density at radius 3 is 2.95 bits per heavy atom. The van der Waals surface area contributed by atoms with Crippen molar-refractivity contribution in [3.63, 3.8) is 0 Å². The second-order valence-corrected chi connectivity index (χ2v) is 4.68. The van der Waals surface area contributed by atoms with Gasteiger partial charge in [0.15, 0.2) is 4.96 Å². The summed E-state index contributed by atoms with van der Waals surface area (Å²) >= 11 is 1.27. The molecule has 1 amide bonds. The molecule has 0 saturated carbocycles. The molecule has 2 heterocycles. The van der Waals surface area contributed by atoms with Gasteiger partial charge >= 0.3 is 5.97 Å². The Balaban J connectivity index is 2.34. The predicted octanol–water partition coefficient (Wildman–Crippen LogP) is 0.349. The Morgan fingerprint density at radius 2 is 2.32 bits per heavy atom. The van der Waals surface area contributed by atoms with E-state index in [0.29, 0.717) is 4.96 Å². The van der Waals surface area contributed by atoms with Crippen molar-refractivity contribution in [3.05, 3.63) is 33.7 Å². The summed E-state index contributed by atoms with van der Waals surface area (Å²) in [7, 11) is 0. The summed E-state index contributed by atoms with van der Waals surface area (Å²) in [6.45, 7) is 1.63. The van der Waals surface area contributed by atoms with E-state index >= 15 is 0 Å². The summed E-state index contributed by atoms with van der Waals surface area (Å²) in [5.74, 6) is -1.87. The van der Waals surface area contributed by atoms with Gasteiger partial charge in [0.05, 0.1) is 0 Å². The van der Waals surface area contributed by atoms with E-state index in [2.05, 4.69) is 10.3 Å². The number of carboxylic acids is 1. The van der Waals surface area contributed by atoms with Gasteiger partial charge in [-0.05, 0) is 6.42 Å². The second kappa shape index (κ2) is 5.19. The van der Waals surface area contributed by atoms with E-state index in [-0.39, 0.29) is 12.0 Å². The summed E-state index contributed by atoms with van der Waals surface area (Å²) in [6.07, 6.45) is 2.91. The van der Waals surface area contributed by atoms with Gasteiger partial charge in [0.2, 0.25) is 0 Å². The van der Waals surface area contributed by atoms with Crippen LogP contribution >= 0.6 is 11.3 Å². The van der Waals surface area contributed by atoms with Crippen LogP contribution in [0.15, 0.2) is 22.6 Å². The first-order chi connectivity index (χ1) is 9.04. The van der Waals surface area contributed by atoms with Crippen LogP contribution in [0.2, 0.25) is 0 Å². The van der Waals surface area contributed by atoms with Crippen LogP contribution in [-0.2, 0) is 4.79 Å². The molecule has 0 unspecified atom stereocenters. The molecule has 7 nitrogen and oxygen atoms in total. The minimum atomic E-state index is -1.14. The number of thiazole rings is 1. The monoisotopic (exact) mass is 281 g/mol. The van der Waals surface area contributed by atoms with E-state index in [1.54, 1.807) is 12.3 Å². The molecule has 100 valence electrons. The topological polar surface area (TPSA) is 101 Å². The number of fused-ring (bicyclic) bond motifs is 1. The molecule has 0 spiro atoms. The lowest BCUT2D eigenvalue weighted by Crippen LogP contribution is -2.42. The van der Waals surface area contributed by atoms with Gasteiger partial charge in [0.25, 0.3) is 11.5 Å². The van der Waals surface area contributed by atoms with Gasteiger partial charge < -0.3 is 10.4 Å². The molecule has 0 saturated heterocycles. The number of carbonyl (C=O) groups excluding carboxylic acids is 1. The number of nitrogens with zero attached hydrogens (tertiary/aromatic N) is 2. The molecule has 0 aliphatic rings. The molecule has 1 atom stereocenters. The molecular weight excluding hydrogens is 270 g/mol. The number of rotatable bonds is 4. The van der Waals surface area contributed by atoms with E-state index in [0.717, 1.165) is 6.20 Å². The highest BCUT2D eigenvalue weighted by molar-refractivity contribution is 7.15. The third-order valence-electron chi connectivity index (χ3n) is 2.60. The normalized spacial score (nSPS) is 12.3. The number of aromatic nitrogens is 2. The first kappa shape index (κ1) is 13.2. The number of carboxylic acid groups (broad SMARTS) is 1. The Kier molecular flexibility index (Phi) is 3.61. The number of nitrogens with one attached hydrogen (secondary N) is 1. The first-order valence-electron chi connectivity index (χ1n) is 5.53. The number of aliphatic carboxylic acids is 1. The smallest absolute Gasteiger partial charge is 0.326 e. The van der Waals surface area contributed by atoms with Crippen molar-refractivity contribution in [3.8, 4) is 0 Å². The zero-order chi connectivity index (χ0) is 14.0. The average molecular weight is 281 g/mol. The van der Waals surface area contributed by atoms with Gasteiger partial charge in [-0.25, -0.2) is 9.78 Å².